The molecule has 10 N–H and O–H groups in total. The summed E-state index contributed by atoms with van der Waals surface area (Å²) in [5.74, 6) is 1.17. The van der Waals surface area contributed by atoms with E-state index in [1.54, 1.807) is 12.1 Å². The first kappa shape index (κ1) is 25.8. The molecule has 3 heterocycles. The lowest BCUT2D eigenvalue weighted by molar-refractivity contribution is 0.102. The van der Waals surface area contributed by atoms with E-state index in [-0.39, 0.29) is 30.1 Å². The van der Waals surface area contributed by atoms with Crippen molar-refractivity contribution in [1.29, 1.82) is 0 Å². The molecule has 0 radical (unpaired) electrons. The predicted octanol–water partition coefficient (Wildman–Crippen LogP) is 0.597. The molecule has 200 valence electrons. The molecule has 2 aromatic carbocycles. The van der Waals surface area contributed by atoms with Crippen molar-refractivity contribution in [1.82, 2.24) is 15.0 Å². The van der Waals surface area contributed by atoms with E-state index in [0.717, 1.165) is 24.2 Å². The van der Waals surface area contributed by atoms with Gasteiger partial charge in [-0.3, -0.25) is 4.79 Å². The van der Waals surface area contributed by atoms with Gasteiger partial charge in [-0.05, 0) is 49.2 Å². The topological polar surface area (TPSA) is 190 Å². The zero-order valence-corrected chi connectivity index (χ0v) is 21.2. The molecule has 12 nitrogen and oxygen atoms in total. The number of nitrogens with one attached hydrogen (secondary N) is 2. The average Bonchev–Trinajstić information content (AvgIpc) is 2.88. The van der Waals surface area contributed by atoms with Gasteiger partial charge in [-0.2, -0.15) is 15.0 Å². The maximum absolute atomic E-state index is 12.6. The van der Waals surface area contributed by atoms with Gasteiger partial charge in [0.1, 0.15) is 0 Å². The van der Waals surface area contributed by atoms with Crippen LogP contribution in [-0.2, 0) is 0 Å². The summed E-state index contributed by atoms with van der Waals surface area (Å²) in [4.78, 5) is 30.7. The number of piperidine rings is 2. The average molecular weight is 518 g/mol. The Morgan fingerprint density at radius 1 is 0.684 bits per heavy atom. The van der Waals surface area contributed by atoms with E-state index in [9.17, 15) is 4.79 Å². The lowest BCUT2D eigenvalue weighted by atomic mass is 10.0. The van der Waals surface area contributed by atoms with Gasteiger partial charge in [0.15, 0.2) is 0 Å². The summed E-state index contributed by atoms with van der Waals surface area (Å²) in [5, 5.41) is 6.14. The molecule has 2 aliphatic rings. The summed E-state index contributed by atoms with van der Waals surface area (Å²) in [6.45, 7) is 2.39. The molecule has 3 aromatic rings. The van der Waals surface area contributed by atoms with E-state index in [0.29, 0.717) is 49.6 Å². The predicted molar refractivity (Wildman–Crippen MR) is 150 cm³/mol. The van der Waals surface area contributed by atoms with Crippen molar-refractivity contribution < 1.29 is 4.79 Å². The number of carbonyl (C=O) groups excluding carboxylic acids is 1. The molecule has 4 unspecified atom stereocenters. The van der Waals surface area contributed by atoms with Crippen LogP contribution in [0.15, 0.2) is 54.6 Å². The van der Waals surface area contributed by atoms with E-state index in [1.807, 2.05) is 52.3 Å². The molecule has 12 heteroatoms. The second kappa shape index (κ2) is 11.3. The van der Waals surface area contributed by atoms with Crippen LogP contribution < -0.4 is 43.4 Å². The van der Waals surface area contributed by atoms with Crippen molar-refractivity contribution in [3.63, 3.8) is 0 Å². The molecule has 2 saturated heterocycles. The zero-order valence-electron chi connectivity index (χ0n) is 21.2. The van der Waals surface area contributed by atoms with Gasteiger partial charge in [-0.1, -0.05) is 18.2 Å². The van der Waals surface area contributed by atoms with Gasteiger partial charge < -0.3 is 43.4 Å². The van der Waals surface area contributed by atoms with E-state index < -0.39 is 0 Å². The number of hydrogen-bond acceptors (Lipinski definition) is 11. The van der Waals surface area contributed by atoms with Crippen LogP contribution in [0.2, 0.25) is 0 Å². The van der Waals surface area contributed by atoms with Crippen molar-refractivity contribution in [3.8, 4) is 0 Å². The first-order valence-corrected chi connectivity index (χ1v) is 12.8. The molecule has 38 heavy (non-hydrogen) atoms. The fraction of sp³-hybridized carbons (Fsp3) is 0.385. The highest BCUT2D eigenvalue weighted by Gasteiger charge is 2.28. The van der Waals surface area contributed by atoms with Crippen LogP contribution in [0.25, 0.3) is 0 Å². The Labute approximate surface area is 221 Å². The van der Waals surface area contributed by atoms with Gasteiger partial charge in [0.2, 0.25) is 17.8 Å². The second-order valence-corrected chi connectivity index (χ2v) is 10.1. The lowest BCUT2D eigenvalue weighted by Gasteiger charge is -2.37. The number of carbonyl (C=O) groups is 1. The van der Waals surface area contributed by atoms with Crippen molar-refractivity contribution in [2.24, 2.45) is 22.9 Å². The SMILES string of the molecule is NC1CC(N)CN(c2nc(Nc3ccc(C(=O)Nc4ccccc4)cc3)nc(N3CC(N)CC(N)C3)n2)C1. The molecule has 1 amide bonds. The molecular formula is C26H35N11O. The van der Waals surface area contributed by atoms with Crippen LogP contribution in [0.5, 0.6) is 0 Å². The molecule has 0 bridgehead atoms. The first-order valence-electron chi connectivity index (χ1n) is 12.8. The number of anilines is 5. The van der Waals surface area contributed by atoms with E-state index >= 15 is 0 Å². The number of benzene rings is 2. The minimum Gasteiger partial charge on any atom is -0.338 e. The fourth-order valence-electron chi connectivity index (χ4n) is 4.94. The number of nitrogens with two attached hydrogens (primary N) is 4. The molecule has 4 atom stereocenters. The normalized spacial score (nSPS) is 23.7. The van der Waals surface area contributed by atoms with Gasteiger partial charge in [-0.15, -0.1) is 0 Å². The summed E-state index contributed by atoms with van der Waals surface area (Å²) >= 11 is 0. The lowest BCUT2D eigenvalue weighted by Crippen LogP contribution is -2.54. The number of para-hydroxylation sites is 1. The maximum Gasteiger partial charge on any atom is 0.255 e. The number of nitrogens with zero attached hydrogens (tertiary/aromatic N) is 5. The maximum atomic E-state index is 12.6. The third kappa shape index (κ3) is 6.34. The van der Waals surface area contributed by atoms with E-state index in [2.05, 4.69) is 20.6 Å². The Morgan fingerprint density at radius 3 is 1.68 bits per heavy atom. The van der Waals surface area contributed by atoms with E-state index in [1.165, 1.54) is 0 Å². The molecule has 1 aromatic heterocycles. The Morgan fingerprint density at radius 2 is 1.18 bits per heavy atom. The highest BCUT2D eigenvalue weighted by Crippen LogP contribution is 2.24. The zero-order chi connectivity index (χ0) is 26.6. The Balaban J connectivity index is 1.38. The molecule has 2 fully saturated rings. The highest BCUT2D eigenvalue weighted by atomic mass is 16.1. The standard InChI is InChI=1S/C26H35N11O/c27-17-10-18(28)13-36(12-17)25-33-24(34-26(35-25)37-14-19(29)11-20(30)15-37)32-22-8-6-16(7-9-22)23(38)31-21-4-2-1-3-5-21/h1-9,17-20H,10-15,27-30H2,(H,31,38)(H,32,33,34,35). The monoisotopic (exact) mass is 517 g/mol. The van der Waals surface area contributed by atoms with E-state index in [4.69, 9.17) is 27.9 Å². The minimum absolute atomic E-state index is 0.0678. The summed E-state index contributed by atoms with van der Waals surface area (Å²) in [7, 11) is 0. The fourth-order valence-corrected chi connectivity index (χ4v) is 4.94. The van der Waals surface area contributed by atoms with Crippen molar-refractivity contribution in [3.05, 3.63) is 60.2 Å². The second-order valence-electron chi connectivity index (χ2n) is 10.1. The largest absolute Gasteiger partial charge is 0.338 e. The Kier molecular flexibility index (Phi) is 7.65. The molecular weight excluding hydrogens is 482 g/mol. The molecule has 0 aliphatic carbocycles. The van der Waals surface area contributed by atoms with Gasteiger partial charge in [-0.25, -0.2) is 0 Å². The van der Waals surface area contributed by atoms with Crippen LogP contribution in [-0.4, -0.2) is 71.2 Å². The molecule has 5 rings (SSSR count). The van der Waals surface area contributed by atoms with Crippen LogP contribution in [0.4, 0.5) is 29.2 Å². The van der Waals surface area contributed by atoms with Gasteiger partial charge in [0, 0.05) is 67.3 Å². The van der Waals surface area contributed by atoms with Crippen LogP contribution in [0.1, 0.15) is 23.2 Å². The number of amides is 1. The number of aromatic nitrogens is 3. The van der Waals surface area contributed by atoms with Gasteiger partial charge >= 0.3 is 0 Å². The third-order valence-corrected chi connectivity index (χ3v) is 6.64. The van der Waals surface area contributed by atoms with Crippen LogP contribution in [0, 0.1) is 0 Å². The summed E-state index contributed by atoms with van der Waals surface area (Å²) in [5.41, 5.74) is 26.9. The smallest absolute Gasteiger partial charge is 0.255 e. The minimum atomic E-state index is -0.192. The summed E-state index contributed by atoms with van der Waals surface area (Å²) in [6, 6.07) is 16.2. The summed E-state index contributed by atoms with van der Waals surface area (Å²) < 4.78 is 0. The Hall–Kier alpha value is -3.84. The van der Waals surface area contributed by atoms with Crippen molar-refractivity contribution >= 4 is 35.1 Å². The molecule has 0 spiro atoms. The Bertz CT molecular complexity index is 1180. The van der Waals surface area contributed by atoms with Gasteiger partial charge in [0.25, 0.3) is 5.91 Å². The van der Waals surface area contributed by atoms with Crippen LogP contribution >= 0.6 is 0 Å². The number of rotatable bonds is 6. The quantitative estimate of drug-likeness (QED) is 0.268. The molecule has 2 aliphatic heterocycles. The third-order valence-electron chi connectivity index (χ3n) is 6.64. The summed E-state index contributed by atoms with van der Waals surface area (Å²) in [6.07, 6.45) is 1.50. The first-order chi connectivity index (χ1) is 18.3. The van der Waals surface area contributed by atoms with Gasteiger partial charge in [0.05, 0.1) is 0 Å². The van der Waals surface area contributed by atoms with Crippen LogP contribution in [0.3, 0.4) is 0 Å². The van der Waals surface area contributed by atoms with Crippen molar-refractivity contribution in [2.75, 3.05) is 46.6 Å². The molecule has 0 saturated carbocycles. The highest BCUT2D eigenvalue weighted by molar-refractivity contribution is 6.04. The van der Waals surface area contributed by atoms with Crippen molar-refractivity contribution in [2.45, 2.75) is 37.0 Å². The number of hydrogen-bond donors (Lipinski definition) is 6.